The van der Waals surface area contributed by atoms with Crippen LogP contribution in [0.5, 0.6) is 0 Å². The Bertz CT molecular complexity index is 665. The van der Waals surface area contributed by atoms with Gasteiger partial charge in [-0.3, -0.25) is 0 Å². The van der Waals surface area contributed by atoms with Gasteiger partial charge in [0.1, 0.15) is 12.2 Å². The average molecular weight is 401 g/mol. The van der Waals surface area contributed by atoms with E-state index < -0.39 is 5.79 Å². The van der Waals surface area contributed by atoms with E-state index in [1.54, 1.807) is 0 Å². The Hall–Kier alpha value is -1.80. The number of benzene rings is 2. The second-order valence-corrected chi connectivity index (χ2v) is 7.89. The molecule has 0 unspecified atom stereocenters. The molecule has 6 nitrogen and oxygen atoms in total. The van der Waals surface area contributed by atoms with Gasteiger partial charge in [0.2, 0.25) is 0 Å². The van der Waals surface area contributed by atoms with E-state index in [-0.39, 0.29) is 24.3 Å². The molecule has 2 aromatic carbocycles. The fourth-order valence-corrected chi connectivity index (χ4v) is 3.44. The first kappa shape index (κ1) is 21.9. The molecule has 0 saturated carbocycles. The van der Waals surface area contributed by atoms with Crippen molar-refractivity contribution in [2.24, 2.45) is 11.5 Å². The van der Waals surface area contributed by atoms with E-state index in [2.05, 4.69) is 0 Å². The Kier molecular flexibility index (Phi) is 7.77. The summed E-state index contributed by atoms with van der Waals surface area (Å²) in [6, 6.07) is 19.3. The normalized spacial score (nSPS) is 23.0. The topological polar surface area (TPSA) is 89.0 Å². The van der Waals surface area contributed by atoms with Crippen molar-refractivity contribution in [1.29, 1.82) is 0 Å². The van der Waals surface area contributed by atoms with Crippen LogP contribution in [0.1, 0.15) is 25.0 Å². The van der Waals surface area contributed by atoms with Crippen LogP contribution in [0.15, 0.2) is 60.7 Å². The number of ether oxygens (including phenoxy) is 4. The number of hydrogen-bond donors (Lipinski definition) is 2. The lowest BCUT2D eigenvalue weighted by molar-refractivity contribution is -0.151. The largest absolute Gasteiger partial charge is 0.375 e. The number of hydrogen-bond acceptors (Lipinski definition) is 6. The van der Waals surface area contributed by atoms with Crippen molar-refractivity contribution in [3.05, 3.63) is 71.8 Å². The van der Waals surface area contributed by atoms with Gasteiger partial charge in [0.05, 0.1) is 38.5 Å². The van der Waals surface area contributed by atoms with Gasteiger partial charge in [-0.15, -0.1) is 0 Å². The van der Waals surface area contributed by atoms with E-state index in [9.17, 15) is 0 Å². The van der Waals surface area contributed by atoms with E-state index in [1.807, 2.05) is 74.5 Å². The summed E-state index contributed by atoms with van der Waals surface area (Å²) in [6.45, 7) is 5.45. The van der Waals surface area contributed by atoms with Crippen molar-refractivity contribution in [1.82, 2.24) is 0 Å². The summed E-state index contributed by atoms with van der Waals surface area (Å²) in [4.78, 5) is 0. The molecule has 0 aromatic heterocycles. The van der Waals surface area contributed by atoms with E-state index >= 15 is 0 Å². The molecule has 0 radical (unpaired) electrons. The Morgan fingerprint density at radius 1 is 0.759 bits per heavy atom. The summed E-state index contributed by atoms with van der Waals surface area (Å²) >= 11 is 0. The molecule has 6 heteroatoms. The summed E-state index contributed by atoms with van der Waals surface area (Å²) in [5, 5.41) is 0. The molecule has 1 fully saturated rings. The Balaban J connectivity index is 1.50. The lowest BCUT2D eigenvalue weighted by Crippen LogP contribution is -2.52. The maximum atomic E-state index is 6.39. The highest BCUT2D eigenvalue weighted by atomic mass is 16.8. The summed E-state index contributed by atoms with van der Waals surface area (Å²) in [5.41, 5.74) is 15.0. The van der Waals surface area contributed by atoms with Gasteiger partial charge < -0.3 is 30.4 Å². The second kappa shape index (κ2) is 10.3. The molecule has 0 aliphatic carbocycles. The molecule has 1 aliphatic heterocycles. The molecule has 29 heavy (non-hydrogen) atoms. The van der Waals surface area contributed by atoms with Crippen LogP contribution >= 0.6 is 0 Å². The third-order valence-corrected chi connectivity index (χ3v) is 4.85. The van der Waals surface area contributed by atoms with Crippen LogP contribution in [0.3, 0.4) is 0 Å². The summed E-state index contributed by atoms with van der Waals surface area (Å²) in [6.07, 6.45) is -0.729. The van der Waals surface area contributed by atoms with E-state index in [0.29, 0.717) is 26.4 Å². The van der Waals surface area contributed by atoms with Gasteiger partial charge in [0.25, 0.3) is 0 Å². The third-order valence-electron chi connectivity index (χ3n) is 4.85. The smallest absolute Gasteiger partial charge is 0.163 e. The Morgan fingerprint density at radius 2 is 1.14 bits per heavy atom. The molecular formula is C23H32N2O4. The van der Waals surface area contributed by atoms with Gasteiger partial charge in [-0.1, -0.05) is 60.7 Å². The van der Waals surface area contributed by atoms with Gasteiger partial charge in [-0.25, -0.2) is 0 Å². The average Bonchev–Trinajstić information content (AvgIpc) is 3.05. The zero-order valence-electron chi connectivity index (χ0n) is 17.2. The van der Waals surface area contributed by atoms with Gasteiger partial charge in [0, 0.05) is 0 Å². The minimum absolute atomic E-state index is 0.354. The highest BCUT2D eigenvalue weighted by Crippen LogP contribution is 2.31. The van der Waals surface area contributed by atoms with Crippen LogP contribution < -0.4 is 11.5 Å². The van der Waals surface area contributed by atoms with Crippen LogP contribution in [-0.2, 0) is 32.2 Å². The van der Waals surface area contributed by atoms with Crippen LogP contribution in [-0.4, -0.2) is 43.3 Å². The van der Waals surface area contributed by atoms with Crippen molar-refractivity contribution in [2.75, 3.05) is 13.2 Å². The fourth-order valence-electron chi connectivity index (χ4n) is 3.44. The zero-order chi connectivity index (χ0) is 20.7. The monoisotopic (exact) mass is 400 g/mol. The molecule has 0 bridgehead atoms. The van der Waals surface area contributed by atoms with Crippen molar-refractivity contribution in [2.45, 2.75) is 57.1 Å². The molecule has 1 saturated heterocycles. The minimum atomic E-state index is -0.747. The zero-order valence-corrected chi connectivity index (χ0v) is 17.2. The van der Waals surface area contributed by atoms with Crippen molar-refractivity contribution >= 4 is 0 Å². The van der Waals surface area contributed by atoms with Gasteiger partial charge >= 0.3 is 0 Å². The molecule has 2 aromatic rings. The molecule has 4 N–H and O–H groups in total. The molecule has 3 rings (SSSR count). The Labute approximate surface area is 173 Å². The predicted molar refractivity (Wildman–Crippen MR) is 112 cm³/mol. The first-order valence-corrected chi connectivity index (χ1v) is 10.0. The molecule has 1 aliphatic rings. The molecule has 1 heterocycles. The quantitative estimate of drug-likeness (QED) is 0.637. The minimum Gasteiger partial charge on any atom is -0.375 e. The standard InChI is InChI=1S/C23H32N2O4/c1-23(2)28-21(19(24)15-26-13-17-9-5-3-6-10-17)22(29-23)20(25)16-27-14-18-11-7-4-8-12-18/h3-12,19-22H,13-16,24-25H2,1-2H3/t19-,20-,21-,22-/m1/s1. The predicted octanol–water partition coefficient (Wildman–Crippen LogP) is 2.59. The lowest BCUT2D eigenvalue weighted by Gasteiger charge is -2.27. The van der Waals surface area contributed by atoms with E-state index in [4.69, 9.17) is 30.4 Å². The first-order chi connectivity index (χ1) is 13.9. The maximum absolute atomic E-state index is 6.39. The summed E-state index contributed by atoms with van der Waals surface area (Å²) in [7, 11) is 0. The van der Waals surface area contributed by atoms with E-state index in [1.165, 1.54) is 0 Å². The van der Waals surface area contributed by atoms with Gasteiger partial charge in [0.15, 0.2) is 5.79 Å². The fraction of sp³-hybridized carbons (Fsp3) is 0.478. The molecule has 0 amide bonds. The Morgan fingerprint density at radius 3 is 1.52 bits per heavy atom. The van der Waals surface area contributed by atoms with Crippen LogP contribution in [0.4, 0.5) is 0 Å². The second-order valence-electron chi connectivity index (χ2n) is 7.89. The highest BCUT2D eigenvalue weighted by molar-refractivity contribution is 5.14. The molecule has 0 spiro atoms. The van der Waals surface area contributed by atoms with Crippen LogP contribution in [0.25, 0.3) is 0 Å². The van der Waals surface area contributed by atoms with E-state index in [0.717, 1.165) is 11.1 Å². The van der Waals surface area contributed by atoms with Gasteiger partial charge in [-0.05, 0) is 25.0 Å². The first-order valence-electron chi connectivity index (χ1n) is 10.0. The SMILES string of the molecule is CC1(C)O[C@H]([C@H](N)COCc2ccccc2)[C@@H]([C@H](N)COCc2ccccc2)O1. The van der Waals surface area contributed by atoms with Gasteiger partial charge in [-0.2, -0.15) is 0 Å². The number of nitrogens with two attached hydrogens (primary N) is 2. The van der Waals surface area contributed by atoms with Crippen molar-refractivity contribution < 1.29 is 18.9 Å². The van der Waals surface area contributed by atoms with Crippen LogP contribution in [0, 0.1) is 0 Å². The molecular weight excluding hydrogens is 368 g/mol. The molecule has 158 valence electrons. The third kappa shape index (κ3) is 6.60. The number of rotatable bonds is 10. The van der Waals surface area contributed by atoms with Crippen molar-refractivity contribution in [3.63, 3.8) is 0 Å². The van der Waals surface area contributed by atoms with Crippen molar-refractivity contribution in [3.8, 4) is 0 Å². The van der Waals surface area contributed by atoms with Crippen LogP contribution in [0.2, 0.25) is 0 Å². The highest BCUT2D eigenvalue weighted by Gasteiger charge is 2.46. The lowest BCUT2D eigenvalue weighted by atomic mass is 10.0. The summed E-state index contributed by atoms with van der Waals surface area (Å²) < 4.78 is 23.7. The maximum Gasteiger partial charge on any atom is 0.163 e. The summed E-state index contributed by atoms with van der Waals surface area (Å²) in [5.74, 6) is -0.747. The molecule has 4 atom stereocenters.